The predicted molar refractivity (Wildman–Crippen MR) is 146 cm³/mol. The van der Waals surface area contributed by atoms with Crippen molar-refractivity contribution in [2.75, 3.05) is 14.2 Å². The second kappa shape index (κ2) is 8.74. The summed E-state index contributed by atoms with van der Waals surface area (Å²) in [5.41, 5.74) is 7.07. The van der Waals surface area contributed by atoms with Crippen LogP contribution in [0.3, 0.4) is 0 Å². The molecule has 3 atom stereocenters. The standard InChI is InChI=1S/C31H38O3Si/c1-31(2,3)35(6,7)34-25-10-8-9-21(15-25)30-27-19-24(33-5)12-11-20(27)17-28-26-14-13-23(32-4)16-22(26)18-29(28)30/h8-16,19,28-30H,17-18H2,1-7H3/t28-,29+,30+/m0/s1. The zero-order valence-electron chi connectivity index (χ0n) is 22.1. The summed E-state index contributed by atoms with van der Waals surface area (Å²) in [6, 6.07) is 22.2. The number of rotatable bonds is 5. The van der Waals surface area contributed by atoms with Crippen LogP contribution in [-0.2, 0) is 12.8 Å². The zero-order chi connectivity index (χ0) is 25.0. The summed E-state index contributed by atoms with van der Waals surface area (Å²) >= 11 is 0. The van der Waals surface area contributed by atoms with Crippen molar-refractivity contribution < 1.29 is 13.9 Å². The van der Waals surface area contributed by atoms with Gasteiger partial charge in [0.15, 0.2) is 0 Å². The molecule has 2 aliphatic carbocycles. The maximum absolute atomic E-state index is 6.73. The molecule has 0 fully saturated rings. The first-order chi connectivity index (χ1) is 16.6. The van der Waals surface area contributed by atoms with Crippen LogP contribution in [-0.4, -0.2) is 22.5 Å². The van der Waals surface area contributed by atoms with Crippen LogP contribution in [0.2, 0.25) is 18.1 Å². The topological polar surface area (TPSA) is 27.7 Å². The first-order valence-electron chi connectivity index (χ1n) is 12.7. The highest BCUT2D eigenvalue weighted by molar-refractivity contribution is 6.74. The second-order valence-electron chi connectivity index (χ2n) is 11.7. The highest BCUT2D eigenvalue weighted by atomic mass is 28.4. The van der Waals surface area contributed by atoms with Crippen LogP contribution in [0.4, 0.5) is 0 Å². The fourth-order valence-electron chi connectivity index (χ4n) is 5.77. The van der Waals surface area contributed by atoms with E-state index in [1.807, 2.05) is 0 Å². The quantitative estimate of drug-likeness (QED) is 0.345. The Hall–Kier alpha value is -2.72. The molecule has 0 bridgehead atoms. The molecule has 4 heteroatoms. The minimum Gasteiger partial charge on any atom is -0.543 e. The molecule has 0 unspecified atom stereocenters. The van der Waals surface area contributed by atoms with Crippen LogP contribution >= 0.6 is 0 Å². The summed E-state index contributed by atoms with van der Waals surface area (Å²) in [7, 11) is 1.58. The molecule has 5 rings (SSSR count). The Morgan fingerprint density at radius 2 is 1.46 bits per heavy atom. The molecule has 0 N–H and O–H groups in total. The van der Waals surface area contributed by atoms with Crippen molar-refractivity contribution >= 4 is 8.32 Å². The van der Waals surface area contributed by atoms with E-state index in [2.05, 4.69) is 94.5 Å². The summed E-state index contributed by atoms with van der Waals surface area (Å²) in [4.78, 5) is 0. The Kier molecular flexibility index (Phi) is 5.99. The fraction of sp³-hybridized carbons (Fsp3) is 0.419. The minimum absolute atomic E-state index is 0.158. The molecule has 2 aliphatic rings. The maximum Gasteiger partial charge on any atom is 0.250 e. The van der Waals surface area contributed by atoms with Gasteiger partial charge < -0.3 is 13.9 Å². The number of ether oxygens (including phenoxy) is 2. The molecule has 0 saturated heterocycles. The van der Waals surface area contributed by atoms with Crippen LogP contribution in [0.15, 0.2) is 60.7 Å². The highest BCUT2D eigenvalue weighted by Crippen LogP contribution is 2.54. The monoisotopic (exact) mass is 486 g/mol. The number of fused-ring (bicyclic) bond motifs is 4. The van der Waals surface area contributed by atoms with Crippen LogP contribution in [0, 0.1) is 5.92 Å². The van der Waals surface area contributed by atoms with Gasteiger partial charge in [-0.2, -0.15) is 0 Å². The average molecular weight is 487 g/mol. The van der Waals surface area contributed by atoms with Crippen LogP contribution < -0.4 is 13.9 Å². The molecule has 0 spiro atoms. The maximum atomic E-state index is 6.73. The Bertz CT molecular complexity index is 1240. The lowest BCUT2D eigenvalue weighted by Gasteiger charge is -2.38. The van der Waals surface area contributed by atoms with Gasteiger partial charge in [0.05, 0.1) is 14.2 Å². The third-order valence-corrected chi connectivity index (χ3v) is 13.0. The smallest absolute Gasteiger partial charge is 0.250 e. The normalized spacial score (nSPS) is 21.1. The van der Waals surface area contributed by atoms with Gasteiger partial charge in [-0.15, -0.1) is 0 Å². The predicted octanol–water partition coefficient (Wildman–Crippen LogP) is 7.73. The average Bonchev–Trinajstić information content (AvgIpc) is 3.18. The molecular formula is C31H38O3Si. The zero-order valence-corrected chi connectivity index (χ0v) is 23.1. The van der Waals surface area contributed by atoms with Crippen molar-refractivity contribution in [2.24, 2.45) is 5.92 Å². The molecule has 3 aromatic carbocycles. The largest absolute Gasteiger partial charge is 0.543 e. The SMILES string of the molecule is COc1ccc2c(c1)C[C@H]1[C@H](c3cccc(O[Si](C)(C)C(C)(C)C)c3)c3cc(OC)ccc3C[C@@H]21. The lowest BCUT2D eigenvalue weighted by Crippen LogP contribution is -2.43. The van der Waals surface area contributed by atoms with E-state index in [4.69, 9.17) is 13.9 Å². The van der Waals surface area contributed by atoms with Crippen molar-refractivity contribution in [3.63, 3.8) is 0 Å². The van der Waals surface area contributed by atoms with Gasteiger partial charge in [-0.1, -0.05) is 45.0 Å². The summed E-state index contributed by atoms with van der Waals surface area (Å²) in [6.07, 6.45) is 2.13. The molecule has 35 heavy (non-hydrogen) atoms. The molecule has 0 heterocycles. The Morgan fingerprint density at radius 3 is 2.17 bits per heavy atom. The third-order valence-electron chi connectivity index (χ3n) is 8.67. The lowest BCUT2D eigenvalue weighted by atomic mass is 9.67. The molecule has 3 aromatic rings. The van der Waals surface area contributed by atoms with Crippen molar-refractivity contribution in [3.05, 3.63) is 88.5 Å². The van der Waals surface area contributed by atoms with Gasteiger partial charge in [0.1, 0.15) is 17.2 Å². The molecule has 3 nitrogen and oxygen atoms in total. The minimum atomic E-state index is -1.93. The van der Waals surface area contributed by atoms with E-state index in [1.54, 1.807) is 14.2 Å². The van der Waals surface area contributed by atoms with Gasteiger partial charge in [-0.25, -0.2) is 0 Å². The van der Waals surface area contributed by atoms with Crippen molar-refractivity contribution in [1.82, 2.24) is 0 Å². The van der Waals surface area contributed by atoms with Gasteiger partial charge in [-0.3, -0.25) is 0 Å². The van der Waals surface area contributed by atoms with E-state index in [0.29, 0.717) is 17.8 Å². The van der Waals surface area contributed by atoms with E-state index >= 15 is 0 Å². The van der Waals surface area contributed by atoms with Gasteiger partial charge in [-0.05, 0) is 107 Å². The summed E-state index contributed by atoms with van der Waals surface area (Å²) < 4.78 is 17.9. The molecule has 184 valence electrons. The summed E-state index contributed by atoms with van der Waals surface area (Å²) in [5.74, 6) is 4.17. The Balaban J connectivity index is 1.59. The molecular weight excluding hydrogens is 448 g/mol. The molecule has 0 aromatic heterocycles. The first kappa shape index (κ1) is 24.0. The van der Waals surface area contributed by atoms with Crippen LogP contribution in [0.25, 0.3) is 0 Å². The lowest BCUT2D eigenvalue weighted by molar-refractivity contribution is 0.376. The van der Waals surface area contributed by atoms with Gasteiger partial charge in [0.25, 0.3) is 0 Å². The van der Waals surface area contributed by atoms with E-state index in [9.17, 15) is 0 Å². The number of hydrogen-bond donors (Lipinski definition) is 0. The molecule has 0 amide bonds. The summed E-state index contributed by atoms with van der Waals surface area (Å²) in [5, 5.41) is 0.158. The number of methoxy groups -OCH3 is 2. The molecule has 0 saturated carbocycles. The number of benzene rings is 3. The van der Waals surface area contributed by atoms with Crippen LogP contribution in [0.5, 0.6) is 17.2 Å². The van der Waals surface area contributed by atoms with E-state index in [-0.39, 0.29) is 5.04 Å². The van der Waals surface area contributed by atoms with E-state index < -0.39 is 8.32 Å². The van der Waals surface area contributed by atoms with Gasteiger partial charge in [0, 0.05) is 5.92 Å². The summed E-state index contributed by atoms with van der Waals surface area (Å²) in [6.45, 7) is 11.5. The van der Waals surface area contributed by atoms with Crippen molar-refractivity contribution in [2.45, 2.75) is 63.6 Å². The third kappa shape index (κ3) is 4.27. The second-order valence-corrected chi connectivity index (χ2v) is 16.4. The highest BCUT2D eigenvalue weighted by Gasteiger charge is 2.44. The van der Waals surface area contributed by atoms with Crippen molar-refractivity contribution in [3.8, 4) is 17.2 Å². The van der Waals surface area contributed by atoms with E-state index in [1.165, 1.54) is 27.8 Å². The fourth-order valence-corrected chi connectivity index (χ4v) is 6.80. The van der Waals surface area contributed by atoms with Gasteiger partial charge in [0.2, 0.25) is 8.32 Å². The Labute approximate surface area is 211 Å². The molecule has 0 radical (unpaired) electrons. The van der Waals surface area contributed by atoms with E-state index in [0.717, 1.165) is 30.1 Å². The number of hydrogen-bond acceptors (Lipinski definition) is 3. The Morgan fingerprint density at radius 1 is 0.743 bits per heavy atom. The van der Waals surface area contributed by atoms with Crippen molar-refractivity contribution in [1.29, 1.82) is 0 Å². The van der Waals surface area contributed by atoms with Gasteiger partial charge >= 0.3 is 0 Å². The van der Waals surface area contributed by atoms with Crippen LogP contribution in [0.1, 0.15) is 60.4 Å². The molecule has 0 aliphatic heterocycles. The first-order valence-corrected chi connectivity index (χ1v) is 15.6.